The first-order valence-corrected chi connectivity index (χ1v) is 9.25. The predicted octanol–water partition coefficient (Wildman–Crippen LogP) is 4.30. The van der Waals surface area contributed by atoms with Crippen molar-refractivity contribution in [3.05, 3.63) is 52.8 Å². The smallest absolute Gasteiger partial charge is 0.317 e. The van der Waals surface area contributed by atoms with E-state index in [0.717, 1.165) is 6.42 Å². The van der Waals surface area contributed by atoms with E-state index in [-0.39, 0.29) is 18.4 Å². The van der Waals surface area contributed by atoms with Crippen molar-refractivity contribution < 1.29 is 9.18 Å². The fraction of sp³-hybridized carbons (Fsp3) is 0.474. The summed E-state index contributed by atoms with van der Waals surface area (Å²) in [4.78, 5) is 18.5. The molecule has 2 rings (SSSR count). The molecule has 5 nitrogen and oxygen atoms in total. The first kappa shape index (κ1) is 20.2. The lowest BCUT2D eigenvalue weighted by molar-refractivity contribution is 0.185. The van der Waals surface area contributed by atoms with Gasteiger partial charge in [-0.2, -0.15) is 0 Å². The number of hydrogen-bond acceptors (Lipinski definition) is 2. The maximum absolute atomic E-state index is 14.1. The zero-order chi connectivity index (χ0) is 19.1. The second-order valence-corrected chi connectivity index (χ2v) is 7.09. The molecule has 0 radical (unpaired) electrons. The number of rotatable bonds is 8. The predicted molar refractivity (Wildman–Crippen MR) is 102 cm³/mol. The molecule has 2 aromatic rings. The lowest BCUT2D eigenvalue weighted by Gasteiger charge is -2.25. The van der Waals surface area contributed by atoms with Gasteiger partial charge in [-0.3, -0.25) is 0 Å². The van der Waals surface area contributed by atoms with Gasteiger partial charge in [0.25, 0.3) is 0 Å². The molecule has 0 aliphatic heterocycles. The molecule has 0 unspecified atom stereocenters. The van der Waals surface area contributed by atoms with E-state index in [1.165, 1.54) is 6.07 Å². The maximum Gasteiger partial charge on any atom is 0.317 e. The zero-order valence-electron chi connectivity index (χ0n) is 15.5. The Morgan fingerprint density at radius 2 is 2.19 bits per heavy atom. The summed E-state index contributed by atoms with van der Waals surface area (Å²) in [6, 6.07) is 4.53. The number of amides is 2. The van der Waals surface area contributed by atoms with Crippen LogP contribution in [0.3, 0.4) is 0 Å². The van der Waals surface area contributed by atoms with Crippen LogP contribution in [-0.2, 0) is 13.1 Å². The van der Waals surface area contributed by atoms with Gasteiger partial charge >= 0.3 is 6.03 Å². The van der Waals surface area contributed by atoms with E-state index < -0.39 is 0 Å². The molecule has 0 saturated carbocycles. The van der Waals surface area contributed by atoms with Crippen LogP contribution in [0.2, 0.25) is 5.02 Å². The van der Waals surface area contributed by atoms with Crippen molar-refractivity contribution in [3.8, 4) is 0 Å². The molecule has 26 heavy (non-hydrogen) atoms. The molecule has 0 bridgehead atoms. The number of carbonyl (C=O) groups is 1. The quantitative estimate of drug-likeness (QED) is 0.742. The SMILES string of the molecule is CCCNC(=O)N(Cc1nccn1Cc1c(F)cccc1Cl)CC(C)C. The Bertz CT molecular complexity index is 712. The standard InChI is InChI=1S/C19H26ClFN4O/c1-4-8-23-19(26)25(11-14(2)3)13-18-22-9-10-24(18)12-15-16(20)6-5-7-17(15)21/h5-7,9-10,14H,4,8,11-13H2,1-3H3,(H,23,26). The van der Waals surface area contributed by atoms with Crippen LogP contribution < -0.4 is 5.32 Å². The third-order valence-corrected chi connectivity index (χ3v) is 4.28. The largest absolute Gasteiger partial charge is 0.338 e. The summed E-state index contributed by atoms with van der Waals surface area (Å²) in [6.45, 7) is 8.00. The van der Waals surface area contributed by atoms with Crippen molar-refractivity contribution in [1.29, 1.82) is 0 Å². The van der Waals surface area contributed by atoms with Gasteiger partial charge in [0.1, 0.15) is 11.6 Å². The van der Waals surface area contributed by atoms with Crippen molar-refractivity contribution in [2.75, 3.05) is 13.1 Å². The van der Waals surface area contributed by atoms with Crippen LogP contribution in [0.4, 0.5) is 9.18 Å². The van der Waals surface area contributed by atoms with Crippen molar-refractivity contribution in [2.24, 2.45) is 5.92 Å². The van der Waals surface area contributed by atoms with Crippen LogP contribution in [0.5, 0.6) is 0 Å². The third kappa shape index (κ3) is 5.46. The van der Waals surface area contributed by atoms with Gasteiger partial charge in [-0.1, -0.05) is 38.4 Å². The Balaban J connectivity index is 2.18. The molecule has 1 heterocycles. The Morgan fingerprint density at radius 3 is 2.85 bits per heavy atom. The highest BCUT2D eigenvalue weighted by atomic mass is 35.5. The highest BCUT2D eigenvalue weighted by Gasteiger charge is 2.18. The van der Waals surface area contributed by atoms with Crippen LogP contribution in [0.1, 0.15) is 38.6 Å². The number of halogens is 2. The van der Waals surface area contributed by atoms with Crippen LogP contribution in [0.25, 0.3) is 0 Å². The number of aromatic nitrogens is 2. The van der Waals surface area contributed by atoms with Gasteiger partial charge in [0, 0.05) is 36.1 Å². The zero-order valence-corrected chi connectivity index (χ0v) is 16.3. The Labute approximate surface area is 159 Å². The average Bonchev–Trinajstić information content (AvgIpc) is 3.02. The Hall–Kier alpha value is -2.08. The van der Waals surface area contributed by atoms with Gasteiger partial charge in [0.15, 0.2) is 0 Å². The van der Waals surface area contributed by atoms with Gasteiger partial charge in [0.05, 0.1) is 13.1 Å². The van der Waals surface area contributed by atoms with Gasteiger partial charge < -0.3 is 14.8 Å². The molecule has 0 saturated heterocycles. The first-order chi connectivity index (χ1) is 12.4. The molecule has 0 aliphatic rings. The molecule has 7 heteroatoms. The summed E-state index contributed by atoms with van der Waals surface area (Å²) < 4.78 is 15.9. The minimum Gasteiger partial charge on any atom is -0.338 e. The van der Waals surface area contributed by atoms with Gasteiger partial charge in [-0.05, 0) is 24.5 Å². The average molecular weight is 381 g/mol. The molecule has 142 valence electrons. The van der Waals surface area contributed by atoms with Crippen molar-refractivity contribution in [1.82, 2.24) is 19.8 Å². The first-order valence-electron chi connectivity index (χ1n) is 8.88. The van der Waals surface area contributed by atoms with Gasteiger partial charge in [-0.15, -0.1) is 0 Å². The summed E-state index contributed by atoms with van der Waals surface area (Å²) in [5.74, 6) is 0.667. The van der Waals surface area contributed by atoms with E-state index in [2.05, 4.69) is 24.1 Å². The summed E-state index contributed by atoms with van der Waals surface area (Å²) in [6.07, 6.45) is 4.30. The number of nitrogens with zero attached hydrogens (tertiary/aromatic N) is 3. The van der Waals surface area contributed by atoms with E-state index in [4.69, 9.17) is 11.6 Å². The summed E-state index contributed by atoms with van der Waals surface area (Å²) in [5, 5.41) is 3.29. The Morgan fingerprint density at radius 1 is 1.42 bits per heavy atom. The van der Waals surface area contributed by atoms with Crippen molar-refractivity contribution in [3.63, 3.8) is 0 Å². The number of imidazole rings is 1. The fourth-order valence-corrected chi connectivity index (χ4v) is 2.89. The minimum atomic E-state index is -0.350. The number of hydrogen-bond donors (Lipinski definition) is 1. The van der Waals surface area contributed by atoms with E-state index in [1.807, 2.05) is 11.5 Å². The highest BCUT2D eigenvalue weighted by Crippen LogP contribution is 2.21. The van der Waals surface area contributed by atoms with Crippen LogP contribution in [-0.4, -0.2) is 33.6 Å². The number of urea groups is 1. The molecule has 0 aliphatic carbocycles. The van der Waals surface area contributed by atoms with Crippen LogP contribution in [0.15, 0.2) is 30.6 Å². The summed E-state index contributed by atoms with van der Waals surface area (Å²) in [7, 11) is 0. The van der Waals surface area contributed by atoms with E-state index in [0.29, 0.717) is 42.0 Å². The lowest BCUT2D eigenvalue weighted by atomic mass is 10.2. The molecular formula is C19H26ClFN4O. The van der Waals surface area contributed by atoms with Crippen molar-refractivity contribution in [2.45, 2.75) is 40.3 Å². The Kier molecular flexibility index (Phi) is 7.45. The number of nitrogens with one attached hydrogen (secondary N) is 1. The highest BCUT2D eigenvalue weighted by molar-refractivity contribution is 6.31. The molecule has 1 aromatic heterocycles. The molecule has 0 spiro atoms. The summed E-state index contributed by atoms with van der Waals surface area (Å²) in [5.41, 5.74) is 0.416. The lowest BCUT2D eigenvalue weighted by Crippen LogP contribution is -2.42. The van der Waals surface area contributed by atoms with Crippen LogP contribution in [0, 0.1) is 11.7 Å². The summed E-state index contributed by atoms with van der Waals surface area (Å²) >= 11 is 6.13. The normalized spacial score (nSPS) is 11.0. The van der Waals surface area contributed by atoms with Crippen molar-refractivity contribution >= 4 is 17.6 Å². The van der Waals surface area contributed by atoms with Gasteiger partial charge in [0.2, 0.25) is 0 Å². The van der Waals surface area contributed by atoms with Gasteiger partial charge in [-0.25, -0.2) is 14.2 Å². The fourth-order valence-electron chi connectivity index (χ4n) is 2.66. The van der Waals surface area contributed by atoms with E-state index in [1.54, 1.807) is 29.4 Å². The molecule has 2 amide bonds. The topological polar surface area (TPSA) is 50.2 Å². The molecule has 0 atom stereocenters. The molecule has 1 aromatic carbocycles. The molecular weight excluding hydrogens is 355 g/mol. The maximum atomic E-state index is 14.1. The minimum absolute atomic E-state index is 0.112. The third-order valence-electron chi connectivity index (χ3n) is 3.92. The van der Waals surface area contributed by atoms with E-state index >= 15 is 0 Å². The number of benzene rings is 1. The van der Waals surface area contributed by atoms with E-state index in [9.17, 15) is 9.18 Å². The van der Waals surface area contributed by atoms with Crippen LogP contribution >= 0.6 is 11.6 Å². The second-order valence-electron chi connectivity index (χ2n) is 6.68. The molecule has 0 fully saturated rings. The monoisotopic (exact) mass is 380 g/mol. The second kappa shape index (κ2) is 9.57. The molecule has 1 N–H and O–H groups in total. The number of carbonyl (C=O) groups excluding carboxylic acids is 1.